The van der Waals surface area contributed by atoms with Gasteiger partial charge in [-0.2, -0.15) is 0 Å². The summed E-state index contributed by atoms with van der Waals surface area (Å²) in [6.07, 6.45) is 10.0. The summed E-state index contributed by atoms with van der Waals surface area (Å²) in [4.78, 5) is 4.02. The highest BCUT2D eigenvalue weighted by Crippen LogP contribution is 2.19. The lowest BCUT2D eigenvalue weighted by molar-refractivity contribution is 0.517. The minimum atomic E-state index is 0.434. The Morgan fingerprint density at radius 1 is 1.35 bits per heavy atom. The summed E-state index contributed by atoms with van der Waals surface area (Å²) < 4.78 is 2.17. The van der Waals surface area contributed by atoms with E-state index in [0.29, 0.717) is 6.04 Å². The van der Waals surface area contributed by atoms with Crippen LogP contribution in [-0.2, 0) is 6.54 Å². The maximum absolute atomic E-state index is 6.15. The fraction of sp³-hybridized carbons (Fsp3) is 0.438. The van der Waals surface area contributed by atoms with Gasteiger partial charge in [0.2, 0.25) is 0 Å². The Hall–Kier alpha value is -1.32. The summed E-state index contributed by atoms with van der Waals surface area (Å²) in [7, 11) is 0. The molecule has 1 unspecified atom stereocenters. The van der Waals surface area contributed by atoms with Crippen molar-refractivity contribution < 1.29 is 0 Å². The third-order valence-corrected chi connectivity index (χ3v) is 3.77. The normalized spacial score (nSPS) is 12.6. The molecular formula is C16H22ClN3. The Bertz CT molecular complexity index is 536. The molecule has 20 heavy (non-hydrogen) atoms. The molecule has 0 aliphatic heterocycles. The van der Waals surface area contributed by atoms with E-state index >= 15 is 0 Å². The number of halogens is 1. The molecule has 0 amide bonds. The minimum absolute atomic E-state index is 0.434. The summed E-state index contributed by atoms with van der Waals surface area (Å²) in [5.41, 5.74) is 2.43. The van der Waals surface area contributed by atoms with Crippen LogP contribution >= 0.6 is 11.6 Å². The fourth-order valence-electron chi connectivity index (χ4n) is 2.31. The van der Waals surface area contributed by atoms with Crippen LogP contribution in [0.2, 0.25) is 5.02 Å². The second kappa shape index (κ2) is 7.46. The van der Waals surface area contributed by atoms with Gasteiger partial charge in [0.05, 0.1) is 5.02 Å². The van der Waals surface area contributed by atoms with Crippen molar-refractivity contribution >= 4 is 11.6 Å². The van der Waals surface area contributed by atoms with Gasteiger partial charge in [-0.05, 0) is 42.6 Å². The van der Waals surface area contributed by atoms with Crippen molar-refractivity contribution in [1.29, 1.82) is 0 Å². The SMILES string of the molecule is CCCNC(CC)c1ccn(Cc2ccncc2Cl)c1. The van der Waals surface area contributed by atoms with Gasteiger partial charge in [0.15, 0.2) is 0 Å². The average molecular weight is 292 g/mol. The van der Waals surface area contributed by atoms with Gasteiger partial charge in [-0.1, -0.05) is 25.4 Å². The fourth-order valence-corrected chi connectivity index (χ4v) is 2.49. The molecule has 108 valence electrons. The van der Waals surface area contributed by atoms with Gasteiger partial charge in [0.1, 0.15) is 0 Å². The van der Waals surface area contributed by atoms with Crippen LogP contribution in [0.4, 0.5) is 0 Å². The Morgan fingerprint density at radius 2 is 2.20 bits per heavy atom. The number of rotatable bonds is 7. The van der Waals surface area contributed by atoms with Crippen LogP contribution in [0.5, 0.6) is 0 Å². The molecule has 0 fully saturated rings. The van der Waals surface area contributed by atoms with Gasteiger partial charge in [0.25, 0.3) is 0 Å². The predicted molar refractivity (Wildman–Crippen MR) is 84.1 cm³/mol. The van der Waals surface area contributed by atoms with Gasteiger partial charge in [-0.25, -0.2) is 0 Å². The quantitative estimate of drug-likeness (QED) is 0.834. The smallest absolute Gasteiger partial charge is 0.0639 e. The lowest BCUT2D eigenvalue weighted by atomic mass is 10.1. The van der Waals surface area contributed by atoms with Crippen LogP contribution < -0.4 is 5.32 Å². The largest absolute Gasteiger partial charge is 0.350 e. The lowest BCUT2D eigenvalue weighted by Crippen LogP contribution is -2.21. The van der Waals surface area contributed by atoms with Gasteiger partial charge >= 0.3 is 0 Å². The zero-order valence-electron chi connectivity index (χ0n) is 12.1. The van der Waals surface area contributed by atoms with E-state index in [1.54, 1.807) is 12.4 Å². The molecule has 4 heteroatoms. The maximum atomic E-state index is 6.15. The number of pyridine rings is 1. The molecule has 0 spiro atoms. The third kappa shape index (κ3) is 3.84. The zero-order chi connectivity index (χ0) is 14.4. The van der Waals surface area contributed by atoms with E-state index in [9.17, 15) is 0 Å². The van der Waals surface area contributed by atoms with Gasteiger partial charge < -0.3 is 9.88 Å². The second-order valence-corrected chi connectivity index (χ2v) is 5.41. The predicted octanol–water partition coefficient (Wildman–Crippen LogP) is 4.04. The molecule has 3 nitrogen and oxygen atoms in total. The Labute approximate surface area is 126 Å². The standard InChI is InChI=1S/C16H22ClN3/c1-3-7-19-16(4-2)14-6-9-20(12-14)11-13-5-8-18-10-15(13)17/h5-6,8-10,12,16,19H,3-4,7,11H2,1-2H3. The van der Waals surface area contributed by atoms with Crippen LogP contribution in [0, 0.1) is 0 Å². The molecule has 0 saturated heterocycles. The highest BCUT2D eigenvalue weighted by Gasteiger charge is 2.10. The average Bonchev–Trinajstić information content (AvgIpc) is 2.91. The molecule has 0 aliphatic carbocycles. The molecule has 0 aliphatic rings. The zero-order valence-corrected chi connectivity index (χ0v) is 12.9. The van der Waals surface area contributed by atoms with E-state index in [1.165, 1.54) is 5.56 Å². The van der Waals surface area contributed by atoms with Crippen molar-refractivity contribution in [2.75, 3.05) is 6.54 Å². The summed E-state index contributed by atoms with van der Waals surface area (Å²) in [5.74, 6) is 0. The molecule has 2 aromatic rings. The monoisotopic (exact) mass is 291 g/mol. The number of aromatic nitrogens is 2. The van der Waals surface area contributed by atoms with Gasteiger partial charge in [-0.3, -0.25) is 4.98 Å². The maximum Gasteiger partial charge on any atom is 0.0639 e. The van der Waals surface area contributed by atoms with Crippen LogP contribution in [-0.4, -0.2) is 16.1 Å². The first-order chi connectivity index (χ1) is 9.74. The first-order valence-corrected chi connectivity index (χ1v) is 7.59. The first kappa shape index (κ1) is 15.1. The number of hydrogen-bond donors (Lipinski definition) is 1. The van der Waals surface area contributed by atoms with E-state index in [2.05, 4.69) is 47.2 Å². The van der Waals surface area contributed by atoms with Gasteiger partial charge in [-0.15, -0.1) is 0 Å². The Morgan fingerprint density at radius 3 is 2.90 bits per heavy atom. The molecule has 1 N–H and O–H groups in total. The van der Waals surface area contributed by atoms with Crippen molar-refractivity contribution in [1.82, 2.24) is 14.9 Å². The first-order valence-electron chi connectivity index (χ1n) is 7.22. The van der Waals surface area contributed by atoms with Crippen LogP contribution in [0.3, 0.4) is 0 Å². The van der Waals surface area contributed by atoms with E-state index in [1.807, 2.05) is 6.07 Å². The van der Waals surface area contributed by atoms with Crippen LogP contribution in [0.15, 0.2) is 36.9 Å². The van der Waals surface area contributed by atoms with Crippen molar-refractivity contribution in [3.8, 4) is 0 Å². The third-order valence-electron chi connectivity index (χ3n) is 3.43. The molecule has 0 saturated carbocycles. The van der Waals surface area contributed by atoms with Crippen LogP contribution in [0.25, 0.3) is 0 Å². The molecule has 0 aromatic carbocycles. The second-order valence-electron chi connectivity index (χ2n) is 5.00. The molecular weight excluding hydrogens is 270 g/mol. The molecule has 2 aromatic heterocycles. The van der Waals surface area contributed by atoms with Crippen molar-refractivity contribution in [3.63, 3.8) is 0 Å². The van der Waals surface area contributed by atoms with E-state index in [4.69, 9.17) is 11.6 Å². The van der Waals surface area contributed by atoms with E-state index in [-0.39, 0.29) is 0 Å². The van der Waals surface area contributed by atoms with Crippen molar-refractivity contribution in [2.24, 2.45) is 0 Å². The van der Waals surface area contributed by atoms with E-state index in [0.717, 1.165) is 36.5 Å². The van der Waals surface area contributed by atoms with Crippen molar-refractivity contribution in [3.05, 3.63) is 53.1 Å². The molecule has 2 heterocycles. The molecule has 0 radical (unpaired) electrons. The minimum Gasteiger partial charge on any atom is -0.350 e. The number of hydrogen-bond acceptors (Lipinski definition) is 2. The number of nitrogens with zero attached hydrogens (tertiary/aromatic N) is 2. The Balaban J connectivity index is 2.06. The highest BCUT2D eigenvalue weighted by molar-refractivity contribution is 6.31. The van der Waals surface area contributed by atoms with Crippen LogP contribution in [0.1, 0.15) is 43.9 Å². The molecule has 1 atom stereocenters. The number of nitrogens with one attached hydrogen (secondary N) is 1. The van der Waals surface area contributed by atoms with Crippen molar-refractivity contribution in [2.45, 2.75) is 39.3 Å². The Kier molecular flexibility index (Phi) is 5.62. The molecule has 2 rings (SSSR count). The lowest BCUT2D eigenvalue weighted by Gasteiger charge is -2.15. The van der Waals surface area contributed by atoms with E-state index < -0.39 is 0 Å². The summed E-state index contributed by atoms with van der Waals surface area (Å²) in [6.45, 7) is 6.24. The summed E-state index contributed by atoms with van der Waals surface area (Å²) >= 11 is 6.15. The summed E-state index contributed by atoms with van der Waals surface area (Å²) in [5, 5.41) is 4.30. The molecule has 0 bridgehead atoms. The summed E-state index contributed by atoms with van der Waals surface area (Å²) in [6, 6.07) is 4.59. The van der Waals surface area contributed by atoms with Gasteiger partial charge in [0, 0.05) is 37.4 Å². The highest BCUT2D eigenvalue weighted by atomic mass is 35.5. The topological polar surface area (TPSA) is 29.9 Å².